The van der Waals surface area contributed by atoms with E-state index >= 15 is 0 Å². The van der Waals surface area contributed by atoms with Gasteiger partial charge < -0.3 is 5.32 Å². The number of rotatable bonds is 3. The average Bonchev–Trinajstić information content (AvgIpc) is 2.90. The summed E-state index contributed by atoms with van der Waals surface area (Å²) in [7, 11) is 0. The van der Waals surface area contributed by atoms with Crippen LogP contribution in [0.25, 0.3) is 5.65 Å². The van der Waals surface area contributed by atoms with Crippen LogP contribution in [0.1, 0.15) is 34.2 Å². The second kappa shape index (κ2) is 5.60. The summed E-state index contributed by atoms with van der Waals surface area (Å²) in [4.78, 5) is 12.5. The number of para-hydroxylation sites is 1. The van der Waals surface area contributed by atoms with Crippen molar-refractivity contribution in [3.63, 3.8) is 0 Å². The van der Waals surface area contributed by atoms with E-state index in [-0.39, 0.29) is 5.91 Å². The van der Waals surface area contributed by atoms with Gasteiger partial charge in [0.25, 0.3) is 5.91 Å². The van der Waals surface area contributed by atoms with E-state index in [1.807, 2.05) is 42.6 Å². The first kappa shape index (κ1) is 14.3. The molecule has 1 amide bonds. The molecule has 1 aromatic carbocycles. The lowest BCUT2D eigenvalue weighted by Gasteiger charge is -2.13. The van der Waals surface area contributed by atoms with E-state index in [9.17, 15) is 4.79 Å². The fourth-order valence-electron chi connectivity index (χ4n) is 2.54. The van der Waals surface area contributed by atoms with Crippen molar-refractivity contribution in [2.24, 2.45) is 0 Å². The Morgan fingerprint density at radius 1 is 1.23 bits per heavy atom. The fourth-order valence-corrected chi connectivity index (χ4v) is 2.54. The molecule has 112 valence electrons. The standard InChI is InChI=1S/C17H18N4O/c1-4-13-7-5-6-11(2)16(13)18-17(22)14-8-9-21-12(3)19-20-15(21)10-14/h5-10H,4H2,1-3H3,(H,18,22). The second-order valence-corrected chi connectivity index (χ2v) is 5.31. The van der Waals surface area contributed by atoms with Crippen LogP contribution in [0.2, 0.25) is 0 Å². The second-order valence-electron chi connectivity index (χ2n) is 5.31. The van der Waals surface area contributed by atoms with E-state index in [2.05, 4.69) is 22.4 Å². The molecule has 5 nitrogen and oxygen atoms in total. The third-order valence-corrected chi connectivity index (χ3v) is 3.82. The molecule has 2 aromatic heterocycles. The van der Waals surface area contributed by atoms with Gasteiger partial charge in [-0.3, -0.25) is 9.20 Å². The van der Waals surface area contributed by atoms with Gasteiger partial charge in [-0.2, -0.15) is 0 Å². The van der Waals surface area contributed by atoms with Gasteiger partial charge in [0.1, 0.15) is 5.82 Å². The number of aryl methyl sites for hydroxylation is 3. The summed E-state index contributed by atoms with van der Waals surface area (Å²) in [6.07, 6.45) is 2.69. The van der Waals surface area contributed by atoms with E-state index < -0.39 is 0 Å². The first-order chi connectivity index (χ1) is 10.6. The van der Waals surface area contributed by atoms with Crippen molar-refractivity contribution < 1.29 is 4.79 Å². The molecule has 0 spiro atoms. The van der Waals surface area contributed by atoms with Gasteiger partial charge in [-0.05, 0) is 43.5 Å². The lowest BCUT2D eigenvalue weighted by Crippen LogP contribution is -2.14. The third kappa shape index (κ3) is 2.45. The Bertz CT molecular complexity index is 851. The van der Waals surface area contributed by atoms with E-state index in [4.69, 9.17) is 0 Å². The highest BCUT2D eigenvalue weighted by molar-refractivity contribution is 6.05. The van der Waals surface area contributed by atoms with Crippen LogP contribution in [-0.2, 0) is 6.42 Å². The number of hydrogen-bond donors (Lipinski definition) is 1. The molecular weight excluding hydrogens is 276 g/mol. The van der Waals surface area contributed by atoms with Gasteiger partial charge in [0.2, 0.25) is 0 Å². The summed E-state index contributed by atoms with van der Waals surface area (Å²) >= 11 is 0. The summed E-state index contributed by atoms with van der Waals surface area (Å²) in [5.41, 5.74) is 4.34. The molecule has 0 fully saturated rings. The number of fused-ring (bicyclic) bond motifs is 1. The molecule has 0 unspecified atom stereocenters. The zero-order valence-corrected chi connectivity index (χ0v) is 12.9. The Balaban J connectivity index is 1.93. The van der Waals surface area contributed by atoms with Gasteiger partial charge in [0, 0.05) is 17.4 Å². The molecule has 0 radical (unpaired) electrons. The third-order valence-electron chi connectivity index (χ3n) is 3.82. The highest BCUT2D eigenvalue weighted by Crippen LogP contribution is 2.22. The predicted octanol–water partition coefficient (Wildman–Crippen LogP) is 3.16. The number of anilines is 1. The zero-order chi connectivity index (χ0) is 15.7. The van der Waals surface area contributed by atoms with Crippen molar-refractivity contribution in [1.82, 2.24) is 14.6 Å². The first-order valence-corrected chi connectivity index (χ1v) is 7.31. The molecule has 0 atom stereocenters. The molecule has 0 saturated heterocycles. The van der Waals surface area contributed by atoms with Crippen LogP contribution in [0.5, 0.6) is 0 Å². The Morgan fingerprint density at radius 2 is 2.05 bits per heavy atom. The quantitative estimate of drug-likeness (QED) is 0.807. The number of carbonyl (C=O) groups excluding carboxylic acids is 1. The molecule has 0 aliphatic carbocycles. The van der Waals surface area contributed by atoms with Crippen LogP contribution in [-0.4, -0.2) is 20.5 Å². The molecule has 0 aliphatic rings. The van der Waals surface area contributed by atoms with E-state index in [0.29, 0.717) is 11.2 Å². The maximum atomic E-state index is 12.5. The summed E-state index contributed by atoms with van der Waals surface area (Å²) in [5.74, 6) is 0.668. The Kier molecular flexibility index (Phi) is 3.63. The molecule has 0 aliphatic heterocycles. The van der Waals surface area contributed by atoms with Crippen LogP contribution in [0.15, 0.2) is 36.5 Å². The minimum absolute atomic E-state index is 0.132. The van der Waals surface area contributed by atoms with Gasteiger partial charge in [0.05, 0.1) is 0 Å². The van der Waals surface area contributed by atoms with Crippen LogP contribution in [0.3, 0.4) is 0 Å². The van der Waals surface area contributed by atoms with Crippen LogP contribution >= 0.6 is 0 Å². The number of nitrogens with one attached hydrogen (secondary N) is 1. The van der Waals surface area contributed by atoms with Gasteiger partial charge in [-0.1, -0.05) is 25.1 Å². The van der Waals surface area contributed by atoms with E-state index in [1.54, 1.807) is 12.1 Å². The number of hydrogen-bond acceptors (Lipinski definition) is 3. The molecule has 22 heavy (non-hydrogen) atoms. The van der Waals surface area contributed by atoms with E-state index in [0.717, 1.165) is 29.1 Å². The number of benzene rings is 1. The molecule has 0 bridgehead atoms. The SMILES string of the molecule is CCc1cccc(C)c1NC(=O)c1ccn2c(C)nnc2c1. The maximum absolute atomic E-state index is 12.5. The minimum atomic E-state index is -0.132. The van der Waals surface area contributed by atoms with Crippen molar-refractivity contribution in [3.8, 4) is 0 Å². The minimum Gasteiger partial charge on any atom is -0.321 e. The predicted molar refractivity (Wildman–Crippen MR) is 86.2 cm³/mol. The average molecular weight is 294 g/mol. The Morgan fingerprint density at radius 3 is 2.82 bits per heavy atom. The van der Waals surface area contributed by atoms with Gasteiger partial charge >= 0.3 is 0 Å². The molecule has 3 aromatic rings. The topological polar surface area (TPSA) is 59.3 Å². The fraction of sp³-hybridized carbons (Fsp3) is 0.235. The maximum Gasteiger partial charge on any atom is 0.255 e. The molecule has 3 rings (SSSR count). The molecule has 2 heterocycles. The zero-order valence-electron chi connectivity index (χ0n) is 12.9. The largest absolute Gasteiger partial charge is 0.321 e. The summed E-state index contributed by atoms with van der Waals surface area (Å²) in [6.45, 7) is 5.95. The van der Waals surface area contributed by atoms with Gasteiger partial charge in [-0.25, -0.2) is 0 Å². The number of pyridine rings is 1. The van der Waals surface area contributed by atoms with Crippen molar-refractivity contribution in [1.29, 1.82) is 0 Å². The van der Waals surface area contributed by atoms with E-state index in [1.165, 1.54) is 0 Å². The smallest absolute Gasteiger partial charge is 0.255 e. The Labute approximate surface area is 129 Å². The first-order valence-electron chi connectivity index (χ1n) is 7.31. The lowest BCUT2D eigenvalue weighted by molar-refractivity contribution is 0.102. The van der Waals surface area contributed by atoms with Crippen molar-refractivity contribution in [2.45, 2.75) is 27.2 Å². The van der Waals surface area contributed by atoms with Crippen molar-refractivity contribution >= 4 is 17.2 Å². The highest BCUT2D eigenvalue weighted by Gasteiger charge is 2.12. The molecule has 0 saturated carbocycles. The van der Waals surface area contributed by atoms with Gasteiger partial charge in [-0.15, -0.1) is 10.2 Å². The summed E-state index contributed by atoms with van der Waals surface area (Å²) in [6, 6.07) is 9.57. The number of carbonyl (C=O) groups is 1. The molecule has 1 N–H and O–H groups in total. The van der Waals surface area contributed by atoms with Crippen LogP contribution < -0.4 is 5.32 Å². The van der Waals surface area contributed by atoms with Crippen LogP contribution in [0, 0.1) is 13.8 Å². The van der Waals surface area contributed by atoms with Crippen LogP contribution in [0.4, 0.5) is 5.69 Å². The Hall–Kier alpha value is -2.69. The number of aromatic nitrogens is 3. The monoisotopic (exact) mass is 294 g/mol. The molecular formula is C17H18N4O. The highest BCUT2D eigenvalue weighted by atomic mass is 16.1. The lowest BCUT2D eigenvalue weighted by atomic mass is 10.1. The van der Waals surface area contributed by atoms with Crippen molar-refractivity contribution in [3.05, 3.63) is 59.0 Å². The number of amides is 1. The van der Waals surface area contributed by atoms with Gasteiger partial charge in [0.15, 0.2) is 5.65 Å². The number of nitrogens with zero attached hydrogens (tertiary/aromatic N) is 3. The normalized spacial score (nSPS) is 10.9. The molecule has 5 heteroatoms. The van der Waals surface area contributed by atoms with Crippen molar-refractivity contribution in [2.75, 3.05) is 5.32 Å². The summed E-state index contributed by atoms with van der Waals surface area (Å²) < 4.78 is 1.85. The summed E-state index contributed by atoms with van der Waals surface area (Å²) in [5, 5.41) is 11.1.